The van der Waals surface area contributed by atoms with Gasteiger partial charge in [0.2, 0.25) is 11.8 Å². The third-order valence-corrected chi connectivity index (χ3v) is 7.60. The van der Waals surface area contributed by atoms with Crippen molar-refractivity contribution in [3.63, 3.8) is 0 Å². The number of fused-ring (bicyclic) bond motifs is 1. The fourth-order valence-electron chi connectivity index (χ4n) is 5.90. The molecule has 172 valence electrons. The Balaban J connectivity index is 1.26. The van der Waals surface area contributed by atoms with Crippen LogP contribution in [0, 0.1) is 5.92 Å². The van der Waals surface area contributed by atoms with Crippen LogP contribution in [0.4, 0.5) is 0 Å². The molecule has 4 aliphatic rings. The highest BCUT2D eigenvalue weighted by Gasteiger charge is 2.39. The summed E-state index contributed by atoms with van der Waals surface area (Å²) in [5.74, 6) is -0.124. The minimum absolute atomic E-state index is 0.101. The average Bonchev–Trinajstić information content (AvgIpc) is 3.11. The minimum atomic E-state index is -0.555. The van der Waals surface area contributed by atoms with Crippen LogP contribution in [0.3, 0.4) is 0 Å². The molecule has 7 heteroatoms. The highest BCUT2D eigenvalue weighted by Crippen LogP contribution is 2.32. The molecule has 2 N–H and O–H groups in total. The Kier molecular flexibility index (Phi) is 6.28. The van der Waals surface area contributed by atoms with Gasteiger partial charge in [-0.3, -0.25) is 19.7 Å². The molecule has 5 rings (SSSR count). The van der Waals surface area contributed by atoms with Crippen LogP contribution in [0.25, 0.3) is 0 Å². The van der Waals surface area contributed by atoms with Crippen LogP contribution >= 0.6 is 0 Å². The molecule has 3 heterocycles. The number of nitrogens with one attached hydrogen (secondary N) is 2. The quantitative estimate of drug-likeness (QED) is 0.688. The van der Waals surface area contributed by atoms with Crippen molar-refractivity contribution < 1.29 is 19.1 Å². The van der Waals surface area contributed by atoms with E-state index >= 15 is 0 Å². The van der Waals surface area contributed by atoms with Gasteiger partial charge < -0.3 is 15.0 Å². The molecule has 32 heavy (non-hydrogen) atoms. The minimum Gasteiger partial charge on any atom is -0.380 e. The molecule has 3 fully saturated rings. The predicted octanol–water partition coefficient (Wildman–Crippen LogP) is 2.32. The van der Waals surface area contributed by atoms with Crippen molar-refractivity contribution in [1.82, 2.24) is 15.5 Å². The van der Waals surface area contributed by atoms with Crippen LogP contribution in [0.2, 0.25) is 0 Å². The number of imide groups is 1. The zero-order chi connectivity index (χ0) is 22.1. The molecule has 1 aliphatic carbocycles. The third kappa shape index (κ3) is 4.46. The summed E-state index contributed by atoms with van der Waals surface area (Å²) in [6.45, 7) is 2.15. The summed E-state index contributed by atoms with van der Waals surface area (Å²) in [5, 5.41) is 6.26. The first-order valence-electron chi connectivity index (χ1n) is 12.2. The predicted molar refractivity (Wildman–Crippen MR) is 119 cm³/mol. The second-order valence-corrected chi connectivity index (χ2v) is 9.83. The number of carbonyl (C=O) groups is 3. The van der Waals surface area contributed by atoms with E-state index in [2.05, 4.69) is 22.8 Å². The van der Waals surface area contributed by atoms with E-state index in [-0.39, 0.29) is 24.1 Å². The van der Waals surface area contributed by atoms with Crippen LogP contribution in [-0.2, 0) is 27.3 Å². The Morgan fingerprint density at radius 3 is 2.75 bits per heavy atom. The van der Waals surface area contributed by atoms with Crippen molar-refractivity contribution in [3.8, 4) is 0 Å². The number of hydrogen-bond donors (Lipinski definition) is 2. The van der Waals surface area contributed by atoms with Crippen molar-refractivity contribution in [2.45, 2.75) is 82.5 Å². The van der Waals surface area contributed by atoms with Gasteiger partial charge in [0.05, 0.1) is 6.61 Å². The van der Waals surface area contributed by atoms with E-state index in [4.69, 9.17) is 4.74 Å². The van der Waals surface area contributed by atoms with Gasteiger partial charge in [0.1, 0.15) is 6.04 Å². The van der Waals surface area contributed by atoms with E-state index in [1.165, 1.54) is 37.7 Å². The fourth-order valence-corrected chi connectivity index (χ4v) is 5.90. The number of nitrogens with zero attached hydrogens (tertiary/aromatic N) is 1. The lowest BCUT2D eigenvalue weighted by molar-refractivity contribution is -0.136. The summed E-state index contributed by atoms with van der Waals surface area (Å²) in [7, 11) is 0. The molecule has 1 unspecified atom stereocenters. The van der Waals surface area contributed by atoms with Gasteiger partial charge in [0, 0.05) is 37.2 Å². The lowest BCUT2D eigenvalue weighted by atomic mass is 9.80. The maximum atomic E-state index is 12.9. The standard InChI is InChI=1S/C25H33N3O4/c29-23-10-9-22(24(30)27-23)28-14-18-13-16(7-8-20(18)25(28)31)12-17-4-1-2-6-21(17)26-19-5-3-11-32-15-19/h7-8,13,17,19,21-22,26H,1-6,9-12,14-15H2,(H,27,29,30)/t17-,19-,21+,22?/m1/s1. The monoisotopic (exact) mass is 439 g/mol. The summed E-state index contributed by atoms with van der Waals surface area (Å²) in [4.78, 5) is 38.3. The normalized spacial score (nSPS) is 30.9. The van der Waals surface area contributed by atoms with Crippen molar-refractivity contribution in [2.24, 2.45) is 5.92 Å². The summed E-state index contributed by atoms with van der Waals surface area (Å²) >= 11 is 0. The maximum Gasteiger partial charge on any atom is 0.255 e. The van der Waals surface area contributed by atoms with Gasteiger partial charge in [-0.25, -0.2) is 0 Å². The van der Waals surface area contributed by atoms with Crippen LogP contribution in [0.15, 0.2) is 18.2 Å². The van der Waals surface area contributed by atoms with Crippen LogP contribution in [-0.4, -0.2) is 54.0 Å². The van der Waals surface area contributed by atoms with E-state index in [1.807, 2.05) is 6.07 Å². The number of ether oxygens (including phenoxy) is 1. The second kappa shape index (κ2) is 9.32. The molecule has 1 saturated carbocycles. The summed E-state index contributed by atoms with van der Waals surface area (Å²) in [6.07, 6.45) is 9.01. The number of rotatable bonds is 5. The number of hydrogen-bond acceptors (Lipinski definition) is 5. The first-order valence-corrected chi connectivity index (χ1v) is 12.2. The zero-order valence-corrected chi connectivity index (χ0v) is 18.6. The smallest absolute Gasteiger partial charge is 0.255 e. The van der Waals surface area contributed by atoms with Crippen LogP contribution < -0.4 is 10.6 Å². The lowest BCUT2D eigenvalue weighted by Crippen LogP contribution is -2.52. The van der Waals surface area contributed by atoms with Gasteiger partial charge in [-0.05, 0) is 61.6 Å². The van der Waals surface area contributed by atoms with E-state index in [0.29, 0.717) is 36.5 Å². The molecular formula is C25H33N3O4. The molecule has 1 aromatic rings. The number of carbonyl (C=O) groups excluding carboxylic acids is 3. The highest BCUT2D eigenvalue weighted by molar-refractivity contribution is 6.05. The molecule has 0 aromatic heterocycles. The Morgan fingerprint density at radius 1 is 1.06 bits per heavy atom. The van der Waals surface area contributed by atoms with Crippen molar-refractivity contribution in [1.29, 1.82) is 0 Å². The highest BCUT2D eigenvalue weighted by atomic mass is 16.5. The average molecular weight is 440 g/mol. The van der Waals surface area contributed by atoms with E-state index in [0.717, 1.165) is 31.6 Å². The molecule has 4 atom stereocenters. The second-order valence-electron chi connectivity index (χ2n) is 9.83. The molecule has 0 radical (unpaired) electrons. The molecule has 0 spiro atoms. The van der Waals surface area contributed by atoms with Gasteiger partial charge in [0.15, 0.2) is 0 Å². The summed E-state index contributed by atoms with van der Waals surface area (Å²) in [5.41, 5.74) is 2.95. The van der Waals surface area contributed by atoms with Crippen molar-refractivity contribution >= 4 is 17.7 Å². The van der Waals surface area contributed by atoms with Crippen molar-refractivity contribution in [2.75, 3.05) is 13.2 Å². The van der Waals surface area contributed by atoms with Gasteiger partial charge in [-0.1, -0.05) is 25.0 Å². The molecule has 1 aromatic carbocycles. The SMILES string of the molecule is O=C1CCC(N2Cc3cc(C[C@H]4CCCC[C@@H]4N[C@@H]4CCCOC4)ccc3C2=O)C(=O)N1. The first-order chi connectivity index (χ1) is 15.6. The van der Waals surface area contributed by atoms with Crippen LogP contribution in [0.1, 0.15) is 72.9 Å². The van der Waals surface area contributed by atoms with Crippen molar-refractivity contribution in [3.05, 3.63) is 34.9 Å². The lowest BCUT2D eigenvalue weighted by Gasteiger charge is -2.36. The molecule has 0 bridgehead atoms. The Hall–Kier alpha value is -2.25. The van der Waals surface area contributed by atoms with Gasteiger partial charge >= 0.3 is 0 Å². The zero-order valence-electron chi connectivity index (χ0n) is 18.6. The van der Waals surface area contributed by atoms with Crippen LogP contribution in [0.5, 0.6) is 0 Å². The summed E-state index contributed by atoms with van der Waals surface area (Å²) < 4.78 is 5.66. The Bertz CT molecular complexity index is 895. The number of amides is 3. The number of piperidine rings is 1. The molecular weight excluding hydrogens is 406 g/mol. The Labute approximate surface area is 189 Å². The largest absolute Gasteiger partial charge is 0.380 e. The maximum absolute atomic E-state index is 12.9. The van der Waals surface area contributed by atoms with Gasteiger partial charge in [-0.2, -0.15) is 0 Å². The van der Waals surface area contributed by atoms with Gasteiger partial charge in [-0.15, -0.1) is 0 Å². The van der Waals surface area contributed by atoms with E-state index in [9.17, 15) is 14.4 Å². The number of benzene rings is 1. The fraction of sp³-hybridized carbons (Fsp3) is 0.640. The molecule has 7 nitrogen and oxygen atoms in total. The molecule has 3 amide bonds. The Morgan fingerprint density at radius 2 is 1.94 bits per heavy atom. The van der Waals surface area contributed by atoms with E-state index in [1.54, 1.807) is 4.90 Å². The molecule has 3 aliphatic heterocycles. The molecule has 2 saturated heterocycles. The van der Waals surface area contributed by atoms with Gasteiger partial charge in [0.25, 0.3) is 5.91 Å². The summed E-state index contributed by atoms with van der Waals surface area (Å²) in [6, 6.07) is 6.60. The third-order valence-electron chi connectivity index (χ3n) is 7.60. The topological polar surface area (TPSA) is 87.7 Å². The first kappa shape index (κ1) is 21.6. The van der Waals surface area contributed by atoms with E-state index < -0.39 is 6.04 Å².